The number of nitrogens with zero attached hydrogens (tertiary/aromatic N) is 6. The third-order valence-electron chi connectivity index (χ3n) is 5.06. The molecule has 160 valence electrons. The second-order valence-corrected chi connectivity index (χ2v) is 7.52. The van der Waals surface area contributed by atoms with Gasteiger partial charge in [0.15, 0.2) is 0 Å². The van der Waals surface area contributed by atoms with Crippen molar-refractivity contribution in [2.45, 2.75) is 0 Å². The summed E-state index contributed by atoms with van der Waals surface area (Å²) < 4.78 is 1.56. The van der Waals surface area contributed by atoms with Crippen LogP contribution in [-0.4, -0.2) is 63.2 Å². The topological polar surface area (TPSA) is 109 Å². The van der Waals surface area contributed by atoms with Crippen LogP contribution in [0.3, 0.4) is 0 Å². The number of nitro benzene ring substituents is 1. The summed E-state index contributed by atoms with van der Waals surface area (Å²) in [6.07, 6.45) is 2.97. The fourth-order valence-electron chi connectivity index (χ4n) is 3.48. The maximum absolute atomic E-state index is 12.6. The van der Waals surface area contributed by atoms with Crippen molar-refractivity contribution in [2.75, 3.05) is 42.9 Å². The van der Waals surface area contributed by atoms with Crippen LogP contribution in [0.1, 0.15) is 0 Å². The molecule has 0 aliphatic carbocycles. The molecule has 4 rings (SSSR count). The first kappa shape index (κ1) is 20.8. The fraction of sp³-hybridized carbons (Fsp3) is 0.250. The number of halogens is 1. The number of carbonyl (C=O) groups is 1. The highest BCUT2D eigenvalue weighted by molar-refractivity contribution is 6.31. The van der Waals surface area contributed by atoms with E-state index in [1.54, 1.807) is 41.3 Å². The number of carbonyl (C=O) groups excluding carboxylic acids is 1. The van der Waals surface area contributed by atoms with E-state index in [9.17, 15) is 14.9 Å². The van der Waals surface area contributed by atoms with Crippen molar-refractivity contribution in [1.29, 1.82) is 0 Å². The largest absolute Gasteiger partial charge is 0.369 e. The van der Waals surface area contributed by atoms with Gasteiger partial charge in [0.05, 0.1) is 22.8 Å². The van der Waals surface area contributed by atoms with Crippen LogP contribution in [0.2, 0.25) is 5.02 Å². The van der Waals surface area contributed by atoms with E-state index >= 15 is 0 Å². The molecule has 3 aromatic rings. The summed E-state index contributed by atoms with van der Waals surface area (Å²) in [4.78, 5) is 31.2. The number of rotatable bonds is 6. The van der Waals surface area contributed by atoms with Crippen LogP contribution in [0, 0.1) is 10.1 Å². The Bertz CT molecular complexity index is 1060. The first-order valence-corrected chi connectivity index (χ1v) is 10.0. The van der Waals surface area contributed by atoms with Gasteiger partial charge in [0.2, 0.25) is 5.91 Å². The molecule has 1 amide bonds. The Morgan fingerprint density at radius 3 is 2.52 bits per heavy atom. The number of piperazine rings is 1. The molecule has 0 radical (unpaired) electrons. The van der Waals surface area contributed by atoms with Crippen LogP contribution < -0.4 is 10.2 Å². The molecule has 1 aliphatic heterocycles. The van der Waals surface area contributed by atoms with E-state index in [0.29, 0.717) is 29.5 Å². The zero-order valence-corrected chi connectivity index (χ0v) is 17.3. The summed E-state index contributed by atoms with van der Waals surface area (Å²) in [6.45, 7) is 3.11. The summed E-state index contributed by atoms with van der Waals surface area (Å²) in [6, 6.07) is 11.7. The molecule has 2 aromatic carbocycles. The van der Waals surface area contributed by atoms with E-state index in [-0.39, 0.29) is 18.1 Å². The molecule has 0 atom stereocenters. The maximum Gasteiger partial charge on any atom is 0.269 e. The van der Waals surface area contributed by atoms with Crippen molar-refractivity contribution in [2.24, 2.45) is 0 Å². The average Bonchev–Trinajstić information content (AvgIpc) is 3.29. The van der Waals surface area contributed by atoms with Gasteiger partial charge in [-0.3, -0.25) is 19.8 Å². The summed E-state index contributed by atoms with van der Waals surface area (Å²) in [5.74, 6) is -0.146. The zero-order valence-electron chi connectivity index (χ0n) is 16.5. The highest BCUT2D eigenvalue weighted by atomic mass is 35.5. The summed E-state index contributed by atoms with van der Waals surface area (Å²) in [7, 11) is 0. The fourth-order valence-corrected chi connectivity index (χ4v) is 3.66. The normalized spacial score (nSPS) is 14.4. The summed E-state index contributed by atoms with van der Waals surface area (Å²) in [5, 5.41) is 18.3. The Hall–Kier alpha value is -3.50. The van der Waals surface area contributed by atoms with Crippen LogP contribution in [-0.2, 0) is 4.79 Å². The number of hydrogen-bond donors (Lipinski definition) is 1. The predicted octanol–water partition coefficient (Wildman–Crippen LogP) is 2.59. The molecule has 11 heteroatoms. The van der Waals surface area contributed by atoms with Crippen molar-refractivity contribution < 1.29 is 9.72 Å². The molecule has 1 aromatic heterocycles. The van der Waals surface area contributed by atoms with Crippen molar-refractivity contribution in [3.05, 3.63) is 70.3 Å². The maximum atomic E-state index is 12.6. The van der Waals surface area contributed by atoms with Gasteiger partial charge in [-0.1, -0.05) is 11.6 Å². The van der Waals surface area contributed by atoms with E-state index in [0.717, 1.165) is 18.8 Å². The molecule has 1 fully saturated rings. The van der Waals surface area contributed by atoms with Gasteiger partial charge in [-0.25, -0.2) is 9.67 Å². The lowest BCUT2D eigenvalue weighted by Gasteiger charge is -2.35. The van der Waals surface area contributed by atoms with Gasteiger partial charge in [0.25, 0.3) is 5.69 Å². The number of nitrogens with one attached hydrogen (secondary N) is 1. The van der Waals surface area contributed by atoms with Crippen LogP contribution in [0.15, 0.2) is 55.1 Å². The van der Waals surface area contributed by atoms with Gasteiger partial charge in [-0.05, 0) is 30.3 Å². The molecule has 1 saturated heterocycles. The summed E-state index contributed by atoms with van der Waals surface area (Å²) >= 11 is 6.11. The molecule has 1 N–H and O–H groups in total. The lowest BCUT2D eigenvalue weighted by atomic mass is 10.2. The molecule has 10 nitrogen and oxygen atoms in total. The third kappa shape index (κ3) is 4.98. The van der Waals surface area contributed by atoms with E-state index in [1.165, 1.54) is 18.5 Å². The first-order chi connectivity index (χ1) is 15.0. The number of nitro groups is 1. The standard InChI is InChI=1S/C20H20ClN7O3/c21-15-1-6-19(27-14-22-13-23-27)18(11-15)24-20(29)12-25-7-9-26(10-8-25)16-2-4-17(5-3-16)28(30)31/h1-6,11,13-14H,7-10,12H2,(H,24,29). The number of amides is 1. The number of benzene rings is 2. The van der Waals surface area contributed by atoms with Crippen molar-refractivity contribution in [3.8, 4) is 5.69 Å². The van der Waals surface area contributed by atoms with Crippen LogP contribution in [0.4, 0.5) is 17.1 Å². The van der Waals surface area contributed by atoms with Gasteiger partial charge >= 0.3 is 0 Å². The van der Waals surface area contributed by atoms with Gasteiger partial charge in [-0.2, -0.15) is 5.10 Å². The Kier molecular flexibility index (Phi) is 6.10. The van der Waals surface area contributed by atoms with Crippen LogP contribution in [0.25, 0.3) is 5.69 Å². The highest BCUT2D eigenvalue weighted by Crippen LogP contribution is 2.24. The Balaban J connectivity index is 1.34. The zero-order chi connectivity index (χ0) is 21.8. The molecule has 2 heterocycles. The Morgan fingerprint density at radius 1 is 1.13 bits per heavy atom. The minimum atomic E-state index is -0.408. The smallest absolute Gasteiger partial charge is 0.269 e. The number of aromatic nitrogens is 3. The molecular weight excluding hydrogens is 422 g/mol. The molecule has 31 heavy (non-hydrogen) atoms. The molecule has 0 unspecified atom stereocenters. The van der Waals surface area contributed by atoms with Crippen molar-refractivity contribution >= 4 is 34.6 Å². The van der Waals surface area contributed by atoms with Gasteiger partial charge < -0.3 is 10.2 Å². The molecule has 0 saturated carbocycles. The second-order valence-electron chi connectivity index (χ2n) is 7.09. The van der Waals surface area contributed by atoms with Crippen LogP contribution in [0.5, 0.6) is 0 Å². The molecule has 0 spiro atoms. The van der Waals surface area contributed by atoms with E-state index in [1.807, 2.05) is 0 Å². The predicted molar refractivity (Wildman–Crippen MR) is 117 cm³/mol. The first-order valence-electron chi connectivity index (χ1n) is 9.66. The minimum Gasteiger partial charge on any atom is -0.369 e. The van der Waals surface area contributed by atoms with E-state index in [2.05, 4.69) is 25.2 Å². The molecule has 0 bridgehead atoms. The van der Waals surface area contributed by atoms with E-state index < -0.39 is 4.92 Å². The van der Waals surface area contributed by atoms with Crippen molar-refractivity contribution in [3.63, 3.8) is 0 Å². The molecular formula is C20H20ClN7O3. The molecule has 1 aliphatic rings. The quantitative estimate of drug-likeness (QED) is 0.462. The highest BCUT2D eigenvalue weighted by Gasteiger charge is 2.20. The van der Waals surface area contributed by atoms with Gasteiger partial charge in [0.1, 0.15) is 12.7 Å². The van der Waals surface area contributed by atoms with Crippen molar-refractivity contribution in [1.82, 2.24) is 19.7 Å². The minimum absolute atomic E-state index is 0.0744. The average molecular weight is 442 g/mol. The van der Waals surface area contributed by atoms with Gasteiger partial charge in [-0.15, -0.1) is 0 Å². The lowest BCUT2D eigenvalue weighted by molar-refractivity contribution is -0.384. The van der Waals surface area contributed by atoms with E-state index in [4.69, 9.17) is 11.6 Å². The SMILES string of the molecule is O=C(CN1CCN(c2ccc([N+](=O)[O-])cc2)CC1)Nc1cc(Cl)ccc1-n1cncn1. The monoisotopic (exact) mass is 441 g/mol. The van der Waals surface area contributed by atoms with Gasteiger partial charge in [0, 0.05) is 49.0 Å². The third-order valence-corrected chi connectivity index (χ3v) is 5.30. The Labute approximate surface area is 183 Å². The number of anilines is 2. The second kappa shape index (κ2) is 9.11. The Morgan fingerprint density at radius 2 is 1.87 bits per heavy atom. The number of hydrogen-bond acceptors (Lipinski definition) is 7. The van der Waals surface area contributed by atoms with Crippen LogP contribution >= 0.6 is 11.6 Å². The number of non-ortho nitro benzene ring substituents is 1. The summed E-state index contributed by atoms with van der Waals surface area (Å²) in [5.41, 5.74) is 2.25. The lowest BCUT2D eigenvalue weighted by Crippen LogP contribution is -2.48.